The van der Waals surface area contributed by atoms with Crippen molar-refractivity contribution in [3.05, 3.63) is 96.6 Å². The van der Waals surface area contributed by atoms with E-state index in [9.17, 15) is 24.6 Å². The number of rotatable bonds is 84. The monoisotopic (exact) mass is 1740 g/mol. The number of Topliss-reactive ketones (excluding diaryl/α,β-unsaturated/α-hetero) is 1. The SMILES string of the molecule is CCCCCCCCCCC[C@H](CC(=O)N[C@H]1[C@H](OCC(COCc2ccccc2)N[C@@H](O)C[C@@H](CCCCCCCCCCC)OC(=O)CCCCCCCCCC)O[C@H](CO)[C@@H](OP(=O)(Oc2ccccc2)Oc2ccccc2)[C@@H]1OC(=O)C[C@@H](CCCCCCCCCCC)C(=O)CCCCCCCCCC)OC(=O)CCCCCCCCCC. The molecule has 1 aliphatic heterocycles. The van der Waals surface area contributed by atoms with Gasteiger partial charge in [0.05, 0.1) is 45.3 Å². The molecule has 4 rings (SSSR count). The van der Waals surface area contributed by atoms with Gasteiger partial charge in [0, 0.05) is 31.6 Å². The molecular formula is C103H175N2O17P. The number of phosphoric acid groups is 1. The summed E-state index contributed by atoms with van der Waals surface area (Å²) in [4.78, 5) is 74.0. The highest BCUT2D eigenvalue weighted by molar-refractivity contribution is 7.49. The van der Waals surface area contributed by atoms with E-state index in [1.807, 2.05) is 30.3 Å². The highest BCUT2D eigenvalue weighted by Gasteiger charge is 2.54. The van der Waals surface area contributed by atoms with E-state index < -0.39 is 93.3 Å². The van der Waals surface area contributed by atoms with Crippen LogP contribution in [0.2, 0.25) is 0 Å². The summed E-state index contributed by atoms with van der Waals surface area (Å²) in [6, 6.07) is 23.9. The number of benzene rings is 3. The van der Waals surface area contributed by atoms with E-state index in [2.05, 4.69) is 52.2 Å². The summed E-state index contributed by atoms with van der Waals surface area (Å²) >= 11 is 0. The minimum absolute atomic E-state index is 0.0365. The van der Waals surface area contributed by atoms with Gasteiger partial charge in [0.25, 0.3) is 0 Å². The lowest BCUT2D eigenvalue weighted by molar-refractivity contribution is -0.273. The molecule has 0 bridgehead atoms. The molecule has 1 unspecified atom stereocenters. The van der Waals surface area contributed by atoms with Gasteiger partial charge in [0.15, 0.2) is 12.4 Å². The van der Waals surface area contributed by atoms with E-state index in [1.54, 1.807) is 60.7 Å². The number of aliphatic hydroxyl groups is 2. The van der Waals surface area contributed by atoms with Crippen LogP contribution in [0, 0.1) is 5.92 Å². The van der Waals surface area contributed by atoms with Crippen molar-refractivity contribution in [2.75, 3.05) is 19.8 Å². The third-order valence-electron chi connectivity index (χ3n) is 23.9. The van der Waals surface area contributed by atoms with Crippen molar-refractivity contribution in [2.45, 2.75) is 489 Å². The molecule has 19 nitrogen and oxygen atoms in total. The fraction of sp³-hybridized carbons (Fsp3) is 0.777. The predicted octanol–water partition coefficient (Wildman–Crippen LogP) is 26.8. The number of carbonyl (C=O) groups excluding carboxylic acids is 5. The topological polar surface area (TPSA) is 250 Å². The molecule has 123 heavy (non-hydrogen) atoms. The molecule has 0 aliphatic carbocycles. The summed E-state index contributed by atoms with van der Waals surface area (Å²) in [5.74, 6) is -2.70. The summed E-state index contributed by atoms with van der Waals surface area (Å²) in [5.41, 5.74) is 0.895. The predicted molar refractivity (Wildman–Crippen MR) is 498 cm³/mol. The molecule has 0 aromatic heterocycles. The van der Waals surface area contributed by atoms with E-state index >= 15 is 14.2 Å². The average molecular weight is 1740 g/mol. The summed E-state index contributed by atoms with van der Waals surface area (Å²) in [6.45, 7) is 12.3. The Morgan fingerprint density at radius 3 is 1.22 bits per heavy atom. The van der Waals surface area contributed by atoms with Crippen molar-refractivity contribution in [3.8, 4) is 11.5 Å². The Bertz CT molecular complexity index is 3020. The van der Waals surface area contributed by atoms with Gasteiger partial charge in [-0.05, 0) is 81.2 Å². The molecule has 20 heteroatoms. The number of nitrogens with one attached hydrogen (secondary N) is 2. The minimum Gasteiger partial charge on any atom is -0.462 e. The quantitative estimate of drug-likeness (QED) is 0.0135. The molecule has 1 saturated heterocycles. The van der Waals surface area contributed by atoms with E-state index in [4.69, 9.17) is 42.0 Å². The van der Waals surface area contributed by atoms with Gasteiger partial charge in [-0.3, -0.25) is 33.8 Å². The van der Waals surface area contributed by atoms with Crippen LogP contribution >= 0.6 is 7.82 Å². The van der Waals surface area contributed by atoms with Crippen molar-refractivity contribution in [1.29, 1.82) is 0 Å². The molecule has 1 heterocycles. The van der Waals surface area contributed by atoms with Crippen LogP contribution in [0.5, 0.6) is 11.5 Å². The molecule has 3 aromatic carbocycles. The summed E-state index contributed by atoms with van der Waals surface area (Å²) < 4.78 is 75.1. The number of phosphoric ester groups is 1. The number of amides is 1. The van der Waals surface area contributed by atoms with Gasteiger partial charge < -0.3 is 53.0 Å². The number of unbranched alkanes of at least 4 members (excludes halogenated alkanes) is 45. The zero-order valence-electron chi connectivity index (χ0n) is 78.2. The van der Waals surface area contributed by atoms with Crippen LogP contribution in [0.4, 0.5) is 0 Å². The van der Waals surface area contributed by atoms with E-state index in [-0.39, 0.29) is 75.2 Å². The second-order valence-corrected chi connectivity index (χ2v) is 36.8. The number of ketones is 1. The van der Waals surface area contributed by atoms with Gasteiger partial charge in [-0.25, -0.2) is 4.57 Å². The Hall–Kier alpha value is -5.24. The first-order valence-electron chi connectivity index (χ1n) is 50.3. The number of ether oxygens (including phenoxy) is 6. The van der Waals surface area contributed by atoms with E-state index in [1.165, 1.54) is 141 Å². The molecule has 3 aromatic rings. The van der Waals surface area contributed by atoms with Crippen LogP contribution in [-0.2, 0) is 68.1 Å². The molecule has 704 valence electrons. The maximum absolute atomic E-state index is 16.0. The van der Waals surface area contributed by atoms with Crippen molar-refractivity contribution in [2.24, 2.45) is 5.92 Å². The number of hydrogen-bond acceptors (Lipinski definition) is 18. The van der Waals surface area contributed by atoms with Crippen molar-refractivity contribution < 1.29 is 80.7 Å². The maximum Gasteiger partial charge on any atom is 0.588 e. The fourth-order valence-electron chi connectivity index (χ4n) is 16.5. The molecule has 1 aliphatic rings. The molecule has 0 spiro atoms. The normalized spacial score (nSPS) is 16.6. The minimum atomic E-state index is -5.00. The summed E-state index contributed by atoms with van der Waals surface area (Å²) in [7, 11) is -5.00. The van der Waals surface area contributed by atoms with Gasteiger partial charge in [0.1, 0.15) is 54.0 Å². The smallest absolute Gasteiger partial charge is 0.462 e. The zero-order chi connectivity index (χ0) is 88.5. The number of para-hydroxylation sites is 2. The van der Waals surface area contributed by atoms with Gasteiger partial charge in [-0.15, -0.1) is 0 Å². The second-order valence-electron chi connectivity index (χ2n) is 35.4. The standard InChI is InChI=1S/C103H175N2O17P/c1-7-13-19-25-31-37-40-46-57-69-87(93(107)76-64-49-43-34-28-22-16-10-4)79-99(112)119-102-100(105-96(109)81-92(75-59-48-42-39-33-27-21-15-9-3)117-98(111)78-66-51-45-36-30-24-18-12-6)103(118-94(82-106)101(102)122-123(113,120-89-70-60-53-61-71-89)121-90-72-62-54-63-73-90)115-85-88(84-114-83-86-67-55-52-56-68-86)104-95(108)80-91(74-58-47-41-38-32-26-20-14-8-2)116-97(110)77-65-50-44-35-29-23-17-11-5/h52-56,60-63,67-68,70-73,87-88,91-92,94-95,100-104,106,108H,7-51,57-59,64-66,69,74-85H2,1-6H3,(H,105,109)/t87-,88?,91-,92-,94-,95+,100-,101-,102-,103-/m1/s1. The molecule has 1 amide bonds. The van der Waals surface area contributed by atoms with Crippen LogP contribution in [0.1, 0.15) is 432 Å². The van der Waals surface area contributed by atoms with Crippen molar-refractivity contribution in [3.63, 3.8) is 0 Å². The van der Waals surface area contributed by atoms with E-state index in [0.29, 0.717) is 51.4 Å². The fourth-order valence-corrected chi connectivity index (χ4v) is 18.0. The third kappa shape index (κ3) is 56.0. The summed E-state index contributed by atoms with van der Waals surface area (Å²) in [5, 5.41) is 30.8. The van der Waals surface area contributed by atoms with Crippen LogP contribution < -0.4 is 19.7 Å². The molecular weight excluding hydrogens is 1570 g/mol. The number of hydrogen-bond donors (Lipinski definition) is 4. The number of carbonyl (C=O) groups is 5. The van der Waals surface area contributed by atoms with Crippen LogP contribution in [0.3, 0.4) is 0 Å². The Balaban J connectivity index is 1.89. The van der Waals surface area contributed by atoms with Crippen molar-refractivity contribution >= 4 is 37.4 Å². The Morgan fingerprint density at radius 2 is 0.797 bits per heavy atom. The van der Waals surface area contributed by atoms with Crippen molar-refractivity contribution in [1.82, 2.24) is 10.6 Å². The molecule has 10 atom stereocenters. The first-order chi connectivity index (χ1) is 60.2. The zero-order valence-corrected chi connectivity index (χ0v) is 79.0. The average Bonchev–Trinajstić information content (AvgIpc) is 0.771. The largest absolute Gasteiger partial charge is 0.588 e. The van der Waals surface area contributed by atoms with Gasteiger partial charge >= 0.3 is 25.7 Å². The highest BCUT2D eigenvalue weighted by Crippen LogP contribution is 2.53. The number of aliphatic hydroxyl groups excluding tert-OH is 2. The molecule has 0 saturated carbocycles. The van der Waals surface area contributed by atoms with Crippen LogP contribution in [-0.4, -0.2) is 115 Å². The Morgan fingerprint density at radius 1 is 0.423 bits per heavy atom. The Labute approximate surface area is 747 Å². The molecule has 1 fully saturated rings. The lowest BCUT2D eigenvalue weighted by Crippen LogP contribution is -2.67. The maximum atomic E-state index is 16.0. The molecule has 0 radical (unpaired) electrons. The first kappa shape index (κ1) is 110. The summed E-state index contributed by atoms with van der Waals surface area (Å²) in [6.07, 6.45) is 46.7. The van der Waals surface area contributed by atoms with E-state index in [0.717, 1.165) is 166 Å². The van der Waals surface area contributed by atoms with Gasteiger partial charge in [-0.1, -0.05) is 404 Å². The Kier molecular flexibility index (Phi) is 66.8. The number of esters is 3. The van der Waals surface area contributed by atoms with Gasteiger partial charge in [0.2, 0.25) is 5.91 Å². The third-order valence-corrected chi connectivity index (χ3v) is 25.3. The second kappa shape index (κ2) is 74.7. The van der Waals surface area contributed by atoms with Crippen LogP contribution in [0.25, 0.3) is 0 Å². The highest BCUT2D eigenvalue weighted by atomic mass is 31.2. The lowest BCUT2D eigenvalue weighted by atomic mass is 9.90. The first-order valence-corrected chi connectivity index (χ1v) is 51.7. The lowest BCUT2D eigenvalue weighted by Gasteiger charge is -2.46. The molecule has 4 N–H and O–H groups in total. The van der Waals surface area contributed by atoms with Gasteiger partial charge in [-0.2, -0.15) is 0 Å². The van der Waals surface area contributed by atoms with Crippen LogP contribution in [0.15, 0.2) is 91.0 Å².